The number of hydrogen-bond donors (Lipinski definition) is 1. The van der Waals surface area contributed by atoms with Gasteiger partial charge in [0, 0.05) is 42.9 Å². The molecule has 0 spiro atoms. The van der Waals surface area contributed by atoms with E-state index in [-0.39, 0.29) is 11.4 Å². The van der Waals surface area contributed by atoms with Crippen LogP contribution in [-0.2, 0) is 16.6 Å². The van der Waals surface area contributed by atoms with E-state index in [0.29, 0.717) is 28.8 Å². The van der Waals surface area contributed by atoms with Crippen molar-refractivity contribution in [2.75, 3.05) is 6.54 Å². The molecule has 0 saturated heterocycles. The van der Waals surface area contributed by atoms with Gasteiger partial charge in [-0.15, -0.1) is 0 Å². The van der Waals surface area contributed by atoms with Gasteiger partial charge in [0.25, 0.3) is 0 Å². The Hall–Kier alpha value is -2.29. The Bertz CT molecular complexity index is 973. The maximum Gasteiger partial charge on any atom is 0.240 e. The van der Waals surface area contributed by atoms with Crippen LogP contribution in [0, 0.1) is 6.92 Å². The van der Waals surface area contributed by atoms with E-state index in [1.807, 2.05) is 0 Å². The number of benzene rings is 1. The van der Waals surface area contributed by atoms with E-state index in [1.165, 1.54) is 6.07 Å². The van der Waals surface area contributed by atoms with Gasteiger partial charge in [-0.25, -0.2) is 28.1 Å². The second kappa shape index (κ2) is 7.30. The number of halogens is 1. The number of sulfonamides is 1. The van der Waals surface area contributed by atoms with Crippen LogP contribution < -0.4 is 4.72 Å². The summed E-state index contributed by atoms with van der Waals surface area (Å²) in [6.45, 7) is 2.32. The number of aromatic nitrogens is 4. The molecule has 0 fully saturated rings. The summed E-state index contributed by atoms with van der Waals surface area (Å²) in [5.41, 5.74) is 0.637. The van der Waals surface area contributed by atoms with E-state index < -0.39 is 10.0 Å². The number of rotatable bonds is 6. The Morgan fingerprint density at radius 2 is 1.92 bits per heavy atom. The average Bonchev–Trinajstić information content (AvgIpc) is 3.06. The minimum absolute atomic E-state index is 0.178. The molecular weight excluding hydrogens is 362 g/mol. The van der Waals surface area contributed by atoms with E-state index in [9.17, 15) is 8.42 Å². The fourth-order valence-corrected chi connectivity index (χ4v) is 3.88. The van der Waals surface area contributed by atoms with Crippen LogP contribution in [0.1, 0.15) is 5.56 Å². The zero-order valence-electron chi connectivity index (χ0n) is 13.4. The molecule has 1 aromatic carbocycles. The molecule has 0 saturated carbocycles. The highest BCUT2D eigenvalue weighted by molar-refractivity contribution is 7.89. The van der Waals surface area contributed by atoms with E-state index in [1.54, 1.807) is 54.5 Å². The highest BCUT2D eigenvalue weighted by Crippen LogP contribution is 2.20. The molecule has 0 aliphatic carbocycles. The van der Waals surface area contributed by atoms with Crippen LogP contribution in [0.25, 0.3) is 11.6 Å². The average molecular weight is 378 g/mol. The molecule has 9 heteroatoms. The second-order valence-corrected chi connectivity index (χ2v) is 7.50. The first-order valence-corrected chi connectivity index (χ1v) is 9.38. The molecule has 1 N–H and O–H groups in total. The van der Waals surface area contributed by atoms with Crippen molar-refractivity contribution in [3.05, 3.63) is 59.6 Å². The molecule has 2 aromatic heterocycles. The highest BCUT2D eigenvalue weighted by atomic mass is 35.5. The Morgan fingerprint density at radius 1 is 1.16 bits per heavy atom. The summed E-state index contributed by atoms with van der Waals surface area (Å²) in [5.74, 6) is 1.07. The zero-order valence-corrected chi connectivity index (χ0v) is 15.0. The predicted molar refractivity (Wildman–Crippen MR) is 94.6 cm³/mol. The molecule has 0 aliphatic heterocycles. The van der Waals surface area contributed by atoms with Crippen LogP contribution in [0.2, 0.25) is 5.02 Å². The standard InChI is InChI=1S/C16H16ClN5O2S/c1-12-3-4-13(17)11-14(12)25(23,24)21-8-10-22-9-7-20-16(22)15-18-5-2-6-19-15/h2-7,9,11,21H,8,10H2,1H3. The Kier molecular flexibility index (Phi) is 5.12. The SMILES string of the molecule is Cc1ccc(Cl)cc1S(=O)(=O)NCCn1ccnc1-c1ncccn1. The quantitative estimate of drug-likeness (QED) is 0.711. The largest absolute Gasteiger partial charge is 0.327 e. The number of imidazole rings is 1. The molecule has 130 valence electrons. The zero-order chi connectivity index (χ0) is 17.9. The minimum atomic E-state index is -3.64. The molecule has 25 heavy (non-hydrogen) atoms. The number of aryl methyl sites for hydroxylation is 1. The molecule has 0 amide bonds. The maximum atomic E-state index is 12.5. The van der Waals surface area contributed by atoms with Gasteiger partial charge in [0.15, 0.2) is 11.6 Å². The van der Waals surface area contributed by atoms with E-state index in [4.69, 9.17) is 11.6 Å². The summed E-state index contributed by atoms with van der Waals surface area (Å²) in [6.07, 6.45) is 6.64. The Morgan fingerprint density at radius 3 is 2.68 bits per heavy atom. The number of nitrogens with zero attached hydrogens (tertiary/aromatic N) is 4. The summed E-state index contributed by atoms with van der Waals surface area (Å²) >= 11 is 5.91. The van der Waals surface area contributed by atoms with Crippen LogP contribution in [0.5, 0.6) is 0 Å². The third-order valence-electron chi connectivity index (χ3n) is 3.57. The van der Waals surface area contributed by atoms with Crippen LogP contribution in [0.15, 0.2) is 53.9 Å². The predicted octanol–water partition coefficient (Wildman–Crippen LogP) is 2.28. The Balaban J connectivity index is 1.72. The van der Waals surface area contributed by atoms with Crippen molar-refractivity contribution in [3.8, 4) is 11.6 Å². The van der Waals surface area contributed by atoms with Gasteiger partial charge in [-0.1, -0.05) is 17.7 Å². The molecule has 3 rings (SSSR count). The molecule has 0 unspecified atom stereocenters. The molecule has 7 nitrogen and oxygen atoms in total. The molecule has 2 heterocycles. The lowest BCUT2D eigenvalue weighted by atomic mass is 10.2. The van der Waals surface area contributed by atoms with Gasteiger partial charge in [0.2, 0.25) is 10.0 Å². The molecule has 0 radical (unpaired) electrons. The van der Waals surface area contributed by atoms with Gasteiger partial charge in [-0.05, 0) is 30.7 Å². The molecule has 0 atom stereocenters. The third kappa shape index (κ3) is 4.04. The van der Waals surface area contributed by atoms with E-state index in [2.05, 4.69) is 19.7 Å². The van der Waals surface area contributed by atoms with Crippen LogP contribution in [0.4, 0.5) is 0 Å². The van der Waals surface area contributed by atoms with Gasteiger partial charge in [-0.3, -0.25) is 0 Å². The minimum Gasteiger partial charge on any atom is -0.327 e. The second-order valence-electron chi connectivity index (χ2n) is 5.32. The third-order valence-corrected chi connectivity index (χ3v) is 5.40. The first-order valence-electron chi connectivity index (χ1n) is 7.52. The summed E-state index contributed by atoms with van der Waals surface area (Å²) in [6, 6.07) is 6.50. The van der Waals surface area contributed by atoms with E-state index >= 15 is 0 Å². The lowest BCUT2D eigenvalue weighted by Crippen LogP contribution is -2.28. The summed E-state index contributed by atoms with van der Waals surface area (Å²) in [5, 5.41) is 0.379. The van der Waals surface area contributed by atoms with Crippen molar-refractivity contribution in [1.29, 1.82) is 0 Å². The van der Waals surface area contributed by atoms with Crippen molar-refractivity contribution in [3.63, 3.8) is 0 Å². The van der Waals surface area contributed by atoms with Crippen molar-refractivity contribution in [2.24, 2.45) is 0 Å². The fraction of sp³-hybridized carbons (Fsp3) is 0.188. The maximum absolute atomic E-state index is 12.5. The summed E-state index contributed by atoms with van der Waals surface area (Å²) in [7, 11) is -3.64. The highest BCUT2D eigenvalue weighted by Gasteiger charge is 2.17. The first-order chi connectivity index (χ1) is 12.0. The lowest BCUT2D eigenvalue weighted by molar-refractivity contribution is 0.572. The van der Waals surface area contributed by atoms with Crippen LogP contribution >= 0.6 is 11.6 Å². The lowest BCUT2D eigenvalue weighted by Gasteiger charge is -2.11. The van der Waals surface area contributed by atoms with E-state index in [0.717, 1.165) is 0 Å². The molecular formula is C16H16ClN5O2S. The number of nitrogens with one attached hydrogen (secondary N) is 1. The molecule has 3 aromatic rings. The van der Waals surface area contributed by atoms with Gasteiger partial charge in [0.1, 0.15) is 0 Å². The van der Waals surface area contributed by atoms with Crippen molar-refractivity contribution < 1.29 is 8.42 Å². The van der Waals surface area contributed by atoms with Crippen molar-refractivity contribution in [1.82, 2.24) is 24.2 Å². The van der Waals surface area contributed by atoms with Crippen LogP contribution in [-0.4, -0.2) is 34.5 Å². The molecule has 0 aliphatic rings. The van der Waals surface area contributed by atoms with Crippen molar-refractivity contribution in [2.45, 2.75) is 18.4 Å². The monoisotopic (exact) mass is 377 g/mol. The van der Waals surface area contributed by atoms with Gasteiger partial charge < -0.3 is 4.57 Å². The topological polar surface area (TPSA) is 89.8 Å². The number of hydrogen-bond acceptors (Lipinski definition) is 5. The summed E-state index contributed by atoms with van der Waals surface area (Å²) < 4.78 is 29.3. The van der Waals surface area contributed by atoms with Crippen molar-refractivity contribution >= 4 is 21.6 Å². The summed E-state index contributed by atoms with van der Waals surface area (Å²) in [4.78, 5) is 12.7. The Labute approximate surface area is 150 Å². The van der Waals surface area contributed by atoms with Crippen LogP contribution in [0.3, 0.4) is 0 Å². The first kappa shape index (κ1) is 17.5. The van der Waals surface area contributed by atoms with Gasteiger partial charge >= 0.3 is 0 Å². The molecule has 0 bridgehead atoms. The van der Waals surface area contributed by atoms with Gasteiger partial charge in [-0.2, -0.15) is 0 Å². The fourth-order valence-electron chi connectivity index (χ4n) is 2.35. The van der Waals surface area contributed by atoms with Gasteiger partial charge in [0.05, 0.1) is 4.90 Å². The smallest absolute Gasteiger partial charge is 0.240 e. The normalized spacial score (nSPS) is 11.6.